The van der Waals surface area contributed by atoms with Gasteiger partial charge in [-0.05, 0) is 29.9 Å². The quantitative estimate of drug-likeness (QED) is 0.510. The smallest absolute Gasteiger partial charge is 0.332 e. The molecule has 0 saturated heterocycles. The van der Waals surface area contributed by atoms with Gasteiger partial charge in [-0.2, -0.15) is 5.10 Å². The Labute approximate surface area is 159 Å². The monoisotopic (exact) mass is 374 g/mol. The molecule has 4 amide bonds. The van der Waals surface area contributed by atoms with Crippen molar-refractivity contribution in [3.63, 3.8) is 0 Å². The number of hydrogen-bond donors (Lipinski definition) is 3. The van der Waals surface area contributed by atoms with E-state index in [-0.39, 0.29) is 5.56 Å². The van der Waals surface area contributed by atoms with Gasteiger partial charge in [0.1, 0.15) is 5.75 Å². The minimum absolute atomic E-state index is 0.254. The summed E-state index contributed by atoms with van der Waals surface area (Å²) in [5.41, 5.74) is 10.1. The van der Waals surface area contributed by atoms with Crippen molar-refractivity contribution in [1.29, 1.82) is 0 Å². The van der Waals surface area contributed by atoms with Crippen molar-refractivity contribution in [2.45, 2.75) is 12.0 Å². The Bertz CT molecular complexity index is 1140. The number of allylic oxidation sites excluding steroid dienone is 3. The van der Waals surface area contributed by atoms with Crippen molar-refractivity contribution in [3.05, 3.63) is 70.3 Å². The molecule has 4 aliphatic rings. The molecule has 0 bridgehead atoms. The van der Waals surface area contributed by atoms with Gasteiger partial charge in [-0.15, -0.1) is 0 Å². The lowest BCUT2D eigenvalue weighted by Gasteiger charge is -2.42. The van der Waals surface area contributed by atoms with E-state index in [0.717, 1.165) is 16.7 Å². The summed E-state index contributed by atoms with van der Waals surface area (Å²) in [6.45, 7) is 0. The van der Waals surface area contributed by atoms with Crippen LogP contribution >= 0.6 is 0 Å². The first-order valence-electron chi connectivity index (χ1n) is 8.61. The molecule has 5 rings (SSSR count). The Hall–Kier alpha value is -3.94. The van der Waals surface area contributed by atoms with Crippen LogP contribution in [0, 0.1) is 0 Å². The molecule has 0 saturated carbocycles. The van der Waals surface area contributed by atoms with Crippen LogP contribution in [0.4, 0.5) is 4.79 Å². The second-order valence-corrected chi connectivity index (χ2v) is 6.77. The molecule has 138 valence electrons. The Balaban J connectivity index is 1.64. The highest BCUT2D eigenvalue weighted by Gasteiger charge is 2.45. The van der Waals surface area contributed by atoms with Gasteiger partial charge in [0.25, 0.3) is 11.8 Å². The number of rotatable bonds is 1. The van der Waals surface area contributed by atoms with Crippen LogP contribution < -0.4 is 21.2 Å². The molecule has 0 fully saturated rings. The number of hydrazone groups is 1. The van der Waals surface area contributed by atoms with Gasteiger partial charge in [-0.3, -0.25) is 14.9 Å². The number of ether oxygens (including phenoxy) is 1. The zero-order valence-corrected chi connectivity index (χ0v) is 14.5. The molecule has 1 aromatic carbocycles. The van der Waals surface area contributed by atoms with E-state index in [1.165, 1.54) is 0 Å². The summed E-state index contributed by atoms with van der Waals surface area (Å²) >= 11 is 0. The van der Waals surface area contributed by atoms with E-state index in [1.807, 2.05) is 30.4 Å². The SMILES string of the molecule is NC(=O)NN=C1C=CC23Oc4c(ccc5c4C(=O)NC5=O)C=C2C=CC=C3C1. The molecule has 0 radical (unpaired) electrons. The number of urea groups is 1. The van der Waals surface area contributed by atoms with E-state index in [9.17, 15) is 14.4 Å². The fraction of sp³-hybridized carbons (Fsp3) is 0.100. The molecule has 4 N–H and O–H groups in total. The molecule has 28 heavy (non-hydrogen) atoms. The summed E-state index contributed by atoms with van der Waals surface area (Å²) in [5, 5.41) is 6.30. The van der Waals surface area contributed by atoms with Crippen molar-refractivity contribution in [3.8, 4) is 5.75 Å². The molecular weight excluding hydrogens is 360 g/mol. The largest absolute Gasteiger partial charge is 0.472 e. The van der Waals surface area contributed by atoms with Crippen molar-refractivity contribution in [2.75, 3.05) is 0 Å². The van der Waals surface area contributed by atoms with Gasteiger partial charge in [0.2, 0.25) is 0 Å². The maximum atomic E-state index is 12.3. The van der Waals surface area contributed by atoms with Crippen LogP contribution in [0.25, 0.3) is 6.08 Å². The number of carbonyl (C=O) groups is 3. The predicted molar refractivity (Wildman–Crippen MR) is 101 cm³/mol. The molecule has 1 spiro atoms. The Morgan fingerprint density at radius 3 is 2.93 bits per heavy atom. The fourth-order valence-electron chi connectivity index (χ4n) is 3.88. The summed E-state index contributed by atoms with van der Waals surface area (Å²) in [6.07, 6.45) is 11.7. The molecule has 1 aromatic rings. The molecule has 1 atom stereocenters. The van der Waals surface area contributed by atoms with E-state index in [0.29, 0.717) is 23.4 Å². The second-order valence-electron chi connectivity index (χ2n) is 6.77. The van der Waals surface area contributed by atoms with Crippen molar-refractivity contribution >= 4 is 29.6 Å². The first-order chi connectivity index (χ1) is 13.5. The summed E-state index contributed by atoms with van der Waals surface area (Å²) < 4.78 is 6.41. The highest BCUT2D eigenvalue weighted by Crippen LogP contribution is 2.48. The van der Waals surface area contributed by atoms with E-state index in [4.69, 9.17) is 10.5 Å². The Kier molecular flexibility index (Phi) is 3.21. The second kappa shape index (κ2) is 5.53. The highest BCUT2D eigenvalue weighted by atomic mass is 16.5. The first-order valence-corrected chi connectivity index (χ1v) is 8.61. The number of carbonyl (C=O) groups excluding carboxylic acids is 3. The average molecular weight is 374 g/mol. The van der Waals surface area contributed by atoms with E-state index < -0.39 is 23.4 Å². The van der Waals surface area contributed by atoms with Gasteiger partial charge in [0, 0.05) is 17.6 Å². The zero-order chi connectivity index (χ0) is 19.5. The number of amides is 4. The normalized spacial score (nSPS) is 24.9. The number of nitrogens with one attached hydrogen (secondary N) is 2. The van der Waals surface area contributed by atoms with Crippen molar-refractivity contribution in [2.24, 2.45) is 10.8 Å². The number of fused-ring (bicyclic) bond motifs is 3. The van der Waals surface area contributed by atoms with Crippen LogP contribution in [-0.2, 0) is 0 Å². The summed E-state index contributed by atoms with van der Waals surface area (Å²) in [7, 11) is 0. The minimum atomic E-state index is -0.894. The molecule has 1 unspecified atom stereocenters. The fourth-order valence-corrected chi connectivity index (χ4v) is 3.88. The van der Waals surface area contributed by atoms with Crippen LogP contribution in [0.5, 0.6) is 5.75 Å². The molecule has 0 aromatic heterocycles. The van der Waals surface area contributed by atoms with Gasteiger partial charge >= 0.3 is 6.03 Å². The van der Waals surface area contributed by atoms with Crippen LogP contribution in [0.15, 0.2) is 58.8 Å². The molecule has 2 aliphatic carbocycles. The lowest BCUT2D eigenvalue weighted by molar-refractivity contribution is 0.0877. The number of hydrogen-bond acceptors (Lipinski definition) is 5. The predicted octanol–water partition coefficient (Wildman–Crippen LogP) is 1.57. The van der Waals surface area contributed by atoms with E-state index in [2.05, 4.69) is 15.8 Å². The lowest BCUT2D eigenvalue weighted by Crippen LogP contribution is -2.44. The van der Waals surface area contributed by atoms with Crippen LogP contribution in [0.2, 0.25) is 0 Å². The average Bonchev–Trinajstić information content (AvgIpc) is 2.97. The maximum absolute atomic E-state index is 12.3. The third-order valence-corrected chi connectivity index (χ3v) is 5.13. The van der Waals surface area contributed by atoms with Crippen LogP contribution in [0.1, 0.15) is 32.7 Å². The summed E-state index contributed by atoms with van der Waals surface area (Å²) in [4.78, 5) is 35.2. The number of benzene rings is 1. The van der Waals surface area contributed by atoms with Gasteiger partial charge in [-0.1, -0.05) is 24.3 Å². The third kappa shape index (κ3) is 2.18. The Morgan fingerprint density at radius 1 is 1.25 bits per heavy atom. The van der Waals surface area contributed by atoms with Crippen molar-refractivity contribution < 1.29 is 19.1 Å². The molecule has 8 heteroatoms. The van der Waals surface area contributed by atoms with Gasteiger partial charge in [-0.25, -0.2) is 10.2 Å². The molecular formula is C20H14N4O4. The van der Waals surface area contributed by atoms with Crippen LogP contribution in [0.3, 0.4) is 0 Å². The van der Waals surface area contributed by atoms with E-state index in [1.54, 1.807) is 18.2 Å². The Morgan fingerprint density at radius 2 is 2.11 bits per heavy atom. The summed E-state index contributed by atoms with van der Waals surface area (Å²) in [6, 6.07) is 2.66. The third-order valence-electron chi connectivity index (χ3n) is 5.13. The van der Waals surface area contributed by atoms with Crippen LogP contribution in [-0.4, -0.2) is 29.2 Å². The van der Waals surface area contributed by atoms with E-state index >= 15 is 0 Å². The highest BCUT2D eigenvalue weighted by molar-refractivity contribution is 6.23. The lowest BCUT2D eigenvalue weighted by atomic mass is 9.74. The number of primary amides is 1. The van der Waals surface area contributed by atoms with Gasteiger partial charge in [0.05, 0.1) is 16.8 Å². The number of nitrogens with two attached hydrogens (primary N) is 1. The maximum Gasteiger partial charge on any atom is 0.332 e. The summed E-state index contributed by atoms with van der Waals surface area (Å²) in [5.74, 6) is -0.509. The van der Waals surface area contributed by atoms with Crippen molar-refractivity contribution in [1.82, 2.24) is 10.7 Å². The van der Waals surface area contributed by atoms with Gasteiger partial charge in [0.15, 0.2) is 5.60 Å². The standard InChI is InChI=1S/C20H14N4O4/c21-19(27)24-23-13-6-7-20-11(2-1-3-12(20)9-13)8-10-4-5-14-15(16(10)28-20)18(26)22-17(14)25/h1-8H,9H2,(H3,21,24,27)(H,22,25,26). The van der Waals surface area contributed by atoms with Gasteiger partial charge < -0.3 is 10.5 Å². The zero-order valence-electron chi connectivity index (χ0n) is 14.5. The molecule has 2 aliphatic heterocycles. The molecule has 8 nitrogen and oxygen atoms in total. The molecule has 2 heterocycles. The first kappa shape index (κ1) is 16.2. The number of nitrogens with zero attached hydrogens (tertiary/aromatic N) is 1. The minimum Gasteiger partial charge on any atom is -0.472 e. The topological polar surface area (TPSA) is 123 Å². The number of imide groups is 1.